The Morgan fingerprint density at radius 3 is 2.58 bits per heavy atom. The molecule has 136 valence electrons. The summed E-state index contributed by atoms with van der Waals surface area (Å²) in [6, 6.07) is 12.5. The Morgan fingerprint density at radius 1 is 1.23 bits per heavy atom. The molecule has 26 heavy (non-hydrogen) atoms. The lowest BCUT2D eigenvalue weighted by atomic mass is 10.2. The number of aliphatic carboxylic acids is 1. The number of carbonyl (C=O) groups is 2. The van der Waals surface area contributed by atoms with Crippen LogP contribution in [0.2, 0.25) is 0 Å². The van der Waals surface area contributed by atoms with Gasteiger partial charge in [-0.15, -0.1) is 0 Å². The minimum Gasteiger partial charge on any atom is -0.482 e. The van der Waals surface area contributed by atoms with Crippen LogP contribution in [0, 0.1) is 0 Å². The number of rotatable bonds is 5. The van der Waals surface area contributed by atoms with E-state index in [2.05, 4.69) is 0 Å². The SMILES string of the molecule is CN(c1ccccc1)S(=O)(=O)c1ccc2c(c1)N(CC(=O)O)C(=O)CO2. The van der Waals surface area contributed by atoms with Gasteiger partial charge in [0.1, 0.15) is 12.3 Å². The van der Waals surface area contributed by atoms with Gasteiger partial charge in [-0.05, 0) is 30.3 Å². The maximum atomic E-state index is 12.9. The van der Waals surface area contributed by atoms with Crippen molar-refractivity contribution in [3.63, 3.8) is 0 Å². The summed E-state index contributed by atoms with van der Waals surface area (Å²) in [5, 5.41) is 9.01. The first-order valence-electron chi connectivity index (χ1n) is 7.63. The van der Waals surface area contributed by atoms with Crippen LogP contribution in [-0.4, -0.2) is 45.6 Å². The zero-order valence-corrected chi connectivity index (χ0v) is 14.6. The van der Waals surface area contributed by atoms with Crippen LogP contribution < -0.4 is 13.9 Å². The number of anilines is 2. The molecule has 3 rings (SSSR count). The van der Waals surface area contributed by atoms with E-state index in [0.29, 0.717) is 5.69 Å². The summed E-state index contributed by atoms with van der Waals surface area (Å²) in [4.78, 5) is 24.0. The van der Waals surface area contributed by atoms with Gasteiger partial charge in [0.15, 0.2) is 6.61 Å². The molecular formula is C17H16N2O6S. The minimum absolute atomic E-state index is 0.0729. The van der Waals surface area contributed by atoms with E-state index in [4.69, 9.17) is 9.84 Å². The fraction of sp³-hybridized carbons (Fsp3) is 0.176. The van der Waals surface area contributed by atoms with Crippen molar-refractivity contribution in [2.45, 2.75) is 4.90 Å². The summed E-state index contributed by atoms with van der Waals surface area (Å²) < 4.78 is 32.2. The maximum Gasteiger partial charge on any atom is 0.323 e. The first-order valence-corrected chi connectivity index (χ1v) is 9.07. The van der Waals surface area contributed by atoms with Gasteiger partial charge in [-0.25, -0.2) is 8.42 Å². The number of para-hydroxylation sites is 1. The Bertz CT molecular complexity index is 958. The van der Waals surface area contributed by atoms with Crippen LogP contribution in [0.3, 0.4) is 0 Å². The van der Waals surface area contributed by atoms with Gasteiger partial charge in [-0.2, -0.15) is 0 Å². The van der Waals surface area contributed by atoms with Crippen molar-refractivity contribution >= 4 is 33.3 Å². The molecule has 1 aliphatic heterocycles. The first-order chi connectivity index (χ1) is 12.3. The number of carboxylic acids is 1. The van der Waals surface area contributed by atoms with Crippen LogP contribution >= 0.6 is 0 Å². The molecule has 2 aromatic rings. The van der Waals surface area contributed by atoms with Crippen molar-refractivity contribution in [2.75, 3.05) is 29.4 Å². The van der Waals surface area contributed by atoms with Crippen LogP contribution in [0.4, 0.5) is 11.4 Å². The highest BCUT2D eigenvalue weighted by Gasteiger charge is 2.30. The van der Waals surface area contributed by atoms with Crippen molar-refractivity contribution in [3.05, 3.63) is 48.5 Å². The number of fused-ring (bicyclic) bond motifs is 1. The number of carboxylic acid groups (broad SMARTS) is 1. The molecule has 0 saturated heterocycles. The Hall–Kier alpha value is -3.07. The van der Waals surface area contributed by atoms with Gasteiger partial charge in [0, 0.05) is 7.05 Å². The summed E-state index contributed by atoms with van der Waals surface area (Å²) >= 11 is 0. The molecule has 0 aromatic heterocycles. The lowest BCUT2D eigenvalue weighted by molar-refractivity contribution is -0.137. The van der Waals surface area contributed by atoms with Gasteiger partial charge in [0.2, 0.25) is 0 Å². The number of hydrogen-bond acceptors (Lipinski definition) is 5. The minimum atomic E-state index is -3.90. The molecule has 0 radical (unpaired) electrons. The Kier molecular flexibility index (Phi) is 4.56. The average Bonchev–Trinajstić information content (AvgIpc) is 2.63. The highest BCUT2D eigenvalue weighted by molar-refractivity contribution is 7.92. The highest BCUT2D eigenvalue weighted by atomic mass is 32.2. The number of benzene rings is 2. The van der Waals surface area contributed by atoms with Gasteiger partial charge < -0.3 is 9.84 Å². The van der Waals surface area contributed by atoms with E-state index in [9.17, 15) is 18.0 Å². The standard InChI is InChI=1S/C17H16N2O6S/c1-18(12-5-3-2-4-6-12)26(23,24)13-7-8-15-14(9-13)19(10-17(21)22)16(20)11-25-15/h2-9H,10-11H2,1H3,(H,21,22). The molecule has 1 heterocycles. The van der Waals surface area contributed by atoms with Crippen LogP contribution in [-0.2, 0) is 19.6 Å². The maximum absolute atomic E-state index is 12.9. The fourth-order valence-electron chi connectivity index (χ4n) is 2.59. The van der Waals surface area contributed by atoms with Gasteiger partial charge in [-0.3, -0.25) is 18.8 Å². The predicted molar refractivity (Wildman–Crippen MR) is 94.0 cm³/mol. The lowest BCUT2D eigenvalue weighted by Gasteiger charge is -2.29. The Labute approximate surface area is 150 Å². The topological polar surface area (TPSA) is 104 Å². The van der Waals surface area contributed by atoms with Gasteiger partial charge >= 0.3 is 5.97 Å². The Morgan fingerprint density at radius 2 is 1.92 bits per heavy atom. The molecule has 0 unspecified atom stereocenters. The molecule has 1 aliphatic rings. The molecular weight excluding hydrogens is 360 g/mol. The van der Waals surface area contributed by atoms with Crippen LogP contribution in [0.5, 0.6) is 5.75 Å². The summed E-state index contributed by atoms with van der Waals surface area (Å²) in [6.45, 7) is -0.872. The van der Waals surface area contributed by atoms with Gasteiger partial charge in [0.25, 0.3) is 15.9 Å². The van der Waals surface area contributed by atoms with E-state index >= 15 is 0 Å². The monoisotopic (exact) mass is 376 g/mol. The zero-order chi connectivity index (χ0) is 18.9. The van der Waals surface area contributed by atoms with Crippen LogP contribution in [0.25, 0.3) is 0 Å². The second-order valence-electron chi connectivity index (χ2n) is 5.60. The molecule has 0 bridgehead atoms. The molecule has 8 nitrogen and oxygen atoms in total. The van der Waals surface area contributed by atoms with Gasteiger partial charge in [-0.1, -0.05) is 18.2 Å². The first kappa shape index (κ1) is 17.7. The van der Waals surface area contributed by atoms with E-state index in [1.165, 1.54) is 25.2 Å². The van der Waals surface area contributed by atoms with E-state index < -0.39 is 28.4 Å². The summed E-state index contributed by atoms with van der Waals surface area (Å²) in [5.74, 6) is -1.50. The highest BCUT2D eigenvalue weighted by Crippen LogP contribution is 2.35. The normalized spacial score (nSPS) is 13.7. The zero-order valence-electron chi connectivity index (χ0n) is 13.8. The van der Waals surface area contributed by atoms with Crippen molar-refractivity contribution in [3.8, 4) is 5.75 Å². The number of amides is 1. The molecule has 0 spiro atoms. The summed E-state index contributed by atoms with van der Waals surface area (Å²) in [7, 11) is -2.49. The van der Waals surface area contributed by atoms with Crippen LogP contribution in [0.1, 0.15) is 0 Å². The van der Waals surface area contributed by atoms with E-state index in [-0.39, 0.29) is 22.9 Å². The average molecular weight is 376 g/mol. The van der Waals surface area contributed by atoms with E-state index in [1.54, 1.807) is 30.3 Å². The molecule has 2 aromatic carbocycles. The summed E-state index contributed by atoms with van der Waals surface area (Å²) in [6.07, 6.45) is 0. The third-order valence-electron chi connectivity index (χ3n) is 3.94. The lowest BCUT2D eigenvalue weighted by Crippen LogP contribution is -2.42. The number of sulfonamides is 1. The van der Waals surface area contributed by atoms with Gasteiger partial charge in [0.05, 0.1) is 16.3 Å². The largest absolute Gasteiger partial charge is 0.482 e. The van der Waals surface area contributed by atoms with Crippen molar-refractivity contribution < 1.29 is 27.9 Å². The predicted octanol–water partition coefficient (Wildman–Crippen LogP) is 1.32. The number of nitrogens with zero attached hydrogens (tertiary/aromatic N) is 2. The van der Waals surface area contributed by atoms with Crippen molar-refractivity contribution in [1.82, 2.24) is 0 Å². The van der Waals surface area contributed by atoms with Crippen LogP contribution in [0.15, 0.2) is 53.4 Å². The van der Waals surface area contributed by atoms with Crippen molar-refractivity contribution in [2.24, 2.45) is 0 Å². The smallest absolute Gasteiger partial charge is 0.323 e. The molecule has 1 N–H and O–H groups in total. The third kappa shape index (κ3) is 3.21. The second kappa shape index (κ2) is 6.68. The molecule has 0 atom stereocenters. The van der Waals surface area contributed by atoms with E-state index in [1.807, 2.05) is 0 Å². The molecule has 0 saturated carbocycles. The molecule has 1 amide bonds. The Balaban J connectivity index is 2.03. The quantitative estimate of drug-likeness (QED) is 0.844. The number of hydrogen-bond donors (Lipinski definition) is 1. The number of ether oxygens (including phenoxy) is 1. The molecule has 0 fully saturated rings. The fourth-order valence-corrected chi connectivity index (χ4v) is 3.80. The molecule has 9 heteroatoms. The summed E-state index contributed by atoms with van der Waals surface area (Å²) in [5.41, 5.74) is 0.589. The second-order valence-corrected chi connectivity index (χ2v) is 7.57. The third-order valence-corrected chi connectivity index (χ3v) is 5.73. The number of carbonyl (C=O) groups excluding carboxylic acids is 1. The molecule has 0 aliphatic carbocycles. The van der Waals surface area contributed by atoms with Crippen molar-refractivity contribution in [1.29, 1.82) is 0 Å². The van der Waals surface area contributed by atoms with E-state index in [0.717, 1.165) is 9.21 Å².